The van der Waals surface area contributed by atoms with Crippen molar-refractivity contribution < 1.29 is 4.74 Å². The number of hydrogen-bond donors (Lipinski definition) is 0. The van der Waals surface area contributed by atoms with E-state index in [0.29, 0.717) is 0 Å². The van der Waals surface area contributed by atoms with Gasteiger partial charge in [-0.15, -0.1) is 0 Å². The number of ether oxygens (including phenoxy) is 1. The molecule has 2 aliphatic carbocycles. The zero-order chi connectivity index (χ0) is 14.9. The number of methoxy groups -OCH3 is 1. The third-order valence-corrected chi connectivity index (χ3v) is 5.70. The van der Waals surface area contributed by atoms with Crippen LogP contribution in [0.4, 0.5) is 5.69 Å². The number of rotatable bonds is 4. The van der Waals surface area contributed by atoms with Crippen LogP contribution in [0.5, 0.6) is 5.75 Å². The monoisotopic (exact) mass is 298 g/mol. The number of benzene rings is 1. The summed E-state index contributed by atoms with van der Waals surface area (Å²) in [5, 5.41) is 0. The van der Waals surface area contributed by atoms with E-state index in [1.54, 1.807) is 7.11 Å². The molecule has 3 heteroatoms. The summed E-state index contributed by atoms with van der Waals surface area (Å²) in [6.45, 7) is 5.94. The lowest BCUT2D eigenvalue weighted by Gasteiger charge is -2.38. The molecule has 22 heavy (non-hydrogen) atoms. The van der Waals surface area contributed by atoms with Crippen molar-refractivity contribution in [2.75, 3.05) is 44.7 Å². The van der Waals surface area contributed by atoms with Crippen LogP contribution in [-0.4, -0.2) is 44.7 Å². The van der Waals surface area contributed by atoms with Crippen LogP contribution in [0, 0.1) is 17.8 Å². The smallest absolute Gasteiger partial charge is 0.120 e. The lowest BCUT2D eigenvalue weighted by atomic mass is 9.93. The van der Waals surface area contributed by atoms with Gasteiger partial charge < -0.3 is 9.64 Å². The molecule has 2 bridgehead atoms. The van der Waals surface area contributed by atoms with E-state index in [-0.39, 0.29) is 0 Å². The quantitative estimate of drug-likeness (QED) is 0.795. The van der Waals surface area contributed by atoms with E-state index in [1.807, 2.05) is 6.07 Å². The molecule has 1 saturated carbocycles. The van der Waals surface area contributed by atoms with Crippen molar-refractivity contribution in [3.05, 3.63) is 36.4 Å². The maximum absolute atomic E-state index is 5.34. The predicted octanol–water partition coefficient (Wildman–Crippen LogP) is 3.03. The van der Waals surface area contributed by atoms with Crippen molar-refractivity contribution in [3.8, 4) is 5.75 Å². The minimum Gasteiger partial charge on any atom is -0.497 e. The highest BCUT2D eigenvalue weighted by molar-refractivity contribution is 5.51. The molecule has 3 nitrogen and oxygen atoms in total. The van der Waals surface area contributed by atoms with Crippen LogP contribution in [0.3, 0.4) is 0 Å². The number of allylic oxidation sites excluding steroid dienone is 2. The summed E-state index contributed by atoms with van der Waals surface area (Å²) >= 11 is 0. The fourth-order valence-corrected chi connectivity index (χ4v) is 4.43. The van der Waals surface area contributed by atoms with E-state index >= 15 is 0 Å². The molecule has 0 radical (unpaired) electrons. The first-order valence-corrected chi connectivity index (χ1v) is 8.61. The van der Waals surface area contributed by atoms with Gasteiger partial charge in [0.1, 0.15) is 5.75 Å². The second kappa shape index (κ2) is 5.96. The molecular formula is C19H26N2O. The van der Waals surface area contributed by atoms with E-state index in [9.17, 15) is 0 Å². The van der Waals surface area contributed by atoms with Crippen molar-refractivity contribution in [1.82, 2.24) is 4.90 Å². The highest BCUT2D eigenvalue weighted by Crippen LogP contribution is 2.43. The summed E-state index contributed by atoms with van der Waals surface area (Å²) in [7, 11) is 1.74. The Bertz CT molecular complexity index is 548. The summed E-state index contributed by atoms with van der Waals surface area (Å²) in [6, 6.07) is 8.44. The highest BCUT2D eigenvalue weighted by atomic mass is 16.5. The molecule has 0 spiro atoms. The normalized spacial score (nSPS) is 31.0. The van der Waals surface area contributed by atoms with E-state index in [1.165, 1.54) is 38.2 Å². The molecular weight excluding hydrogens is 272 g/mol. The van der Waals surface area contributed by atoms with Gasteiger partial charge in [-0.25, -0.2) is 0 Å². The zero-order valence-electron chi connectivity index (χ0n) is 13.4. The summed E-state index contributed by atoms with van der Waals surface area (Å²) in [6.07, 6.45) is 7.78. The van der Waals surface area contributed by atoms with Crippen molar-refractivity contribution in [3.63, 3.8) is 0 Å². The number of piperazine rings is 1. The van der Waals surface area contributed by atoms with Gasteiger partial charge in [0.2, 0.25) is 0 Å². The Balaban J connectivity index is 1.31. The Morgan fingerprint density at radius 3 is 2.64 bits per heavy atom. The Hall–Kier alpha value is -1.48. The van der Waals surface area contributed by atoms with Gasteiger partial charge in [-0.3, -0.25) is 4.90 Å². The molecule has 1 aliphatic heterocycles. The topological polar surface area (TPSA) is 15.7 Å². The van der Waals surface area contributed by atoms with Crippen LogP contribution < -0.4 is 9.64 Å². The molecule has 3 aliphatic rings. The van der Waals surface area contributed by atoms with Crippen LogP contribution in [0.15, 0.2) is 36.4 Å². The molecule has 4 rings (SSSR count). The molecule has 0 amide bonds. The Morgan fingerprint density at radius 1 is 1.09 bits per heavy atom. The maximum Gasteiger partial charge on any atom is 0.120 e. The predicted molar refractivity (Wildman–Crippen MR) is 90.5 cm³/mol. The lowest BCUT2D eigenvalue weighted by molar-refractivity contribution is 0.204. The number of nitrogens with zero attached hydrogens (tertiary/aromatic N) is 2. The molecule has 0 aromatic heterocycles. The molecule has 1 aromatic rings. The number of fused-ring (bicyclic) bond motifs is 2. The highest BCUT2D eigenvalue weighted by Gasteiger charge is 2.36. The van der Waals surface area contributed by atoms with Crippen LogP contribution in [0.2, 0.25) is 0 Å². The van der Waals surface area contributed by atoms with Crippen molar-refractivity contribution in [2.24, 2.45) is 17.8 Å². The largest absolute Gasteiger partial charge is 0.497 e. The maximum atomic E-state index is 5.34. The first-order valence-electron chi connectivity index (χ1n) is 8.61. The van der Waals surface area contributed by atoms with E-state index in [4.69, 9.17) is 4.74 Å². The molecule has 1 heterocycles. The summed E-state index contributed by atoms with van der Waals surface area (Å²) in [5.74, 6) is 3.64. The van der Waals surface area contributed by atoms with Crippen LogP contribution in [0.1, 0.15) is 12.8 Å². The van der Waals surface area contributed by atoms with Crippen LogP contribution in [0.25, 0.3) is 0 Å². The Labute approximate surface area is 133 Å². The first-order chi connectivity index (χ1) is 10.8. The Kier molecular flexibility index (Phi) is 3.83. The number of anilines is 1. The SMILES string of the molecule is COc1cccc(N2CCN(CC3CC4C=CC3C4)CC2)c1. The van der Waals surface area contributed by atoms with E-state index < -0.39 is 0 Å². The average Bonchev–Trinajstić information content (AvgIpc) is 3.18. The second-order valence-electron chi connectivity index (χ2n) is 7.03. The van der Waals surface area contributed by atoms with Crippen LogP contribution in [-0.2, 0) is 0 Å². The van der Waals surface area contributed by atoms with Crippen LogP contribution >= 0.6 is 0 Å². The summed E-state index contributed by atoms with van der Waals surface area (Å²) in [5.41, 5.74) is 1.29. The average molecular weight is 298 g/mol. The van der Waals surface area contributed by atoms with E-state index in [0.717, 1.165) is 36.6 Å². The summed E-state index contributed by atoms with van der Waals surface area (Å²) in [4.78, 5) is 5.16. The standard InChI is InChI=1S/C19H26N2O/c1-22-19-4-2-3-18(13-19)21-9-7-20(8-10-21)14-17-12-15-5-6-16(17)11-15/h2-6,13,15-17H,7-12,14H2,1H3. The van der Waals surface area contributed by atoms with Crippen molar-refractivity contribution in [2.45, 2.75) is 12.8 Å². The third kappa shape index (κ3) is 2.74. The molecule has 118 valence electrons. The minimum atomic E-state index is 0.876. The molecule has 2 fully saturated rings. The van der Waals surface area contributed by atoms with Gasteiger partial charge in [0.05, 0.1) is 7.11 Å². The van der Waals surface area contributed by atoms with Gasteiger partial charge in [-0.05, 0) is 42.7 Å². The van der Waals surface area contributed by atoms with Crippen molar-refractivity contribution in [1.29, 1.82) is 0 Å². The minimum absolute atomic E-state index is 0.876. The zero-order valence-corrected chi connectivity index (χ0v) is 13.4. The van der Waals surface area contributed by atoms with Gasteiger partial charge in [0, 0.05) is 44.5 Å². The molecule has 1 saturated heterocycles. The van der Waals surface area contributed by atoms with Gasteiger partial charge in [-0.1, -0.05) is 18.2 Å². The fourth-order valence-electron chi connectivity index (χ4n) is 4.43. The first kappa shape index (κ1) is 14.1. The third-order valence-electron chi connectivity index (χ3n) is 5.70. The molecule has 3 unspecified atom stereocenters. The number of hydrogen-bond acceptors (Lipinski definition) is 3. The second-order valence-corrected chi connectivity index (χ2v) is 7.03. The van der Waals surface area contributed by atoms with Gasteiger partial charge in [0.15, 0.2) is 0 Å². The molecule has 0 N–H and O–H groups in total. The lowest BCUT2D eigenvalue weighted by Crippen LogP contribution is -2.48. The van der Waals surface area contributed by atoms with Gasteiger partial charge in [-0.2, -0.15) is 0 Å². The fraction of sp³-hybridized carbons (Fsp3) is 0.579. The van der Waals surface area contributed by atoms with Gasteiger partial charge >= 0.3 is 0 Å². The van der Waals surface area contributed by atoms with Crippen molar-refractivity contribution >= 4 is 5.69 Å². The summed E-state index contributed by atoms with van der Waals surface area (Å²) < 4.78 is 5.34. The Morgan fingerprint density at radius 2 is 1.95 bits per heavy atom. The molecule has 1 aromatic carbocycles. The molecule has 3 atom stereocenters. The van der Waals surface area contributed by atoms with E-state index in [2.05, 4.69) is 40.2 Å². The van der Waals surface area contributed by atoms with Gasteiger partial charge in [0.25, 0.3) is 0 Å².